The molecule has 1 aliphatic heterocycles. The third-order valence-electron chi connectivity index (χ3n) is 4.13. The molecule has 0 amide bonds. The van der Waals surface area contributed by atoms with Crippen molar-refractivity contribution in [1.82, 2.24) is 10.2 Å². The number of hydrogen-bond donors (Lipinski definition) is 1. The molecule has 0 saturated carbocycles. The second-order valence-corrected chi connectivity index (χ2v) is 5.44. The van der Waals surface area contributed by atoms with Gasteiger partial charge in [0.05, 0.1) is 0 Å². The smallest absolute Gasteiger partial charge is 0.0367 e. The summed E-state index contributed by atoms with van der Waals surface area (Å²) in [5.74, 6) is 0. The lowest BCUT2D eigenvalue weighted by Crippen LogP contribution is -2.51. The number of nitrogens with one attached hydrogen (secondary N) is 1. The second kappa shape index (κ2) is 6.92. The van der Waals surface area contributed by atoms with Gasteiger partial charge in [-0.3, -0.25) is 4.90 Å². The van der Waals surface area contributed by atoms with Crippen LogP contribution in [0.15, 0.2) is 24.3 Å². The van der Waals surface area contributed by atoms with Crippen LogP contribution in [0.1, 0.15) is 25.8 Å². The predicted molar refractivity (Wildman–Crippen MR) is 82.7 cm³/mol. The van der Waals surface area contributed by atoms with Crippen molar-refractivity contribution in [2.45, 2.75) is 32.9 Å². The standard InChI is InChI=1S/C16H27N3/c1-4-15-13-19(11-10-18(15)3)16-8-6-14(7-9-16)12-17-5-2/h6-9,15,17H,4-5,10-13H2,1-3H3. The lowest BCUT2D eigenvalue weighted by molar-refractivity contribution is 0.213. The summed E-state index contributed by atoms with van der Waals surface area (Å²) >= 11 is 0. The highest BCUT2D eigenvalue weighted by atomic mass is 15.3. The van der Waals surface area contributed by atoms with Gasteiger partial charge in [0.15, 0.2) is 0 Å². The monoisotopic (exact) mass is 261 g/mol. The van der Waals surface area contributed by atoms with E-state index in [-0.39, 0.29) is 0 Å². The molecule has 1 N–H and O–H groups in total. The van der Waals surface area contributed by atoms with Crippen LogP contribution in [-0.4, -0.2) is 44.2 Å². The fraction of sp³-hybridized carbons (Fsp3) is 0.625. The average Bonchev–Trinajstić information content (AvgIpc) is 2.46. The molecule has 1 atom stereocenters. The van der Waals surface area contributed by atoms with Crippen LogP contribution >= 0.6 is 0 Å². The molecule has 1 aromatic rings. The van der Waals surface area contributed by atoms with Gasteiger partial charge in [-0.25, -0.2) is 0 Å². The Kier molecular flexibility index (Phi) is 5.23. The summed E-state index contributed by atoms with van der Waals surface area (Å²) in [5.41, 5.74) is 2.73. The van der Waals surface area contributed by atoms with Crippen molar-refractivity contribution in [3.8, 4) is 0 Å². The van der Waals surface area contributed by atoms with Gasteiger partial charge in [-0.2, -0.15) is 0 Å². The topological polar surface area (TPSA) is 18.5 Å². The van der Waals surface area contributed by atoms with E-state index in [9.17, 15) is 0 Å². The van der Waals surface area contributed by atoms with Gasteiger partial charge in [0.2, 0.25) is 0 Å². The maximum atomic E-state index is 3.37. The molecule has 1 fully saturated rings. The van der Waals surface area contributed by atoms with Gasteiger partial charge in [-0.1, -0.05) is 26.0 Å². The van der Waals surface area contributed by atoms with Crippen LogP contribution in [0, 0.1) is 0 Å². The SMILES string of the molecule is CCNCc1ccc(N2CCN(C)C(CC)C2)cc1. The fourth-order valence-electron chi connectivity index (χ4n) is 2.72. The van der Waals surface area contributed by atoms with Gasteiger partial charge in [0, 0.05) is 37.9 Å². The first kappa shape index (κ1) is 14.4. The molecular weight excluding hydrogens is 234 g/mol. The van der Waals surface area contributed by atoms with Crippen molar-refractivity contribution in [3.05, 3.63) is 29.8 Å². The number of hydrogen-bond acceptors (Lipinski definition) is 3. The minimum atomic E-state index is 0.690. The molecule has 1 aliphatic rings. The van der Waals surface area contributed by atoms with Crippen LogP contribution in [-0.2, 0) is 6.54 Å². The summed E-state index contributed by atoms with van der Waals surface area (Å²) in [6.07, 6.45) is 1.23. The summed E-state index contributed by atoms with van der Waals surface area (Å²) in [6.45, 7) is 9.87. The minimum Gasteiger partial charge on any atom is -0.369 e. The van der Waals surface area contributed by atoms with Crippen LogP contribution in [0.5, 0.6) is 0 Å². The maximum absolute atomic E-state index is 3.37. The van der Waals surface area contributed by atoms with Crippen molar-refractivity contribution >= 4 is 5.69 Å². The number of rotatable bonds is 5. The van der Waals surface area contributed by atoms with Crippen molar-refractivity contribution in [1.29, 1.82) is 0 Å². The molecule has 19 heavy (non-hydrogen) atoms. The molecule has 3 heteroatoms. The Labute approximate surface area is 117 Å². The molecule has 0 spiro atoms. The van der Waals surface area contributed by atoms with Crippen molar-refractivity contribution in [2.75, 3.05) is 38.1 Å². The van der Waals surface area contributed by atoms with Crippen LogP contribution in [0.25, 0.3) is 0 Å². The molecule has 2 rings (SSSR count). The summed E-state index contributed by atoms with van der Waals surface area (Å²) in [7, 11) is 2.24. The molecule has 1 unspecified atom stereocenters. The highest BCUT2D eigenvalue weighted by Crippen LogP contribution is 2.20. The first-order chi connectivity index (χ1) is 9.24. The molecule has 3 nitrogen and oxygen atoms in total. The summed E-state index contributed by atoms with van der Waals surface area (Å²) < 4.78 is 0. The lowest BCUT2D eigenvalue weighted by Gasteiger charge is -2.40. The first-order valence-electron chi connectivity index (χ1n) is 7.49. The van der Waals surface area contributed by atoms with E-state index in [0.717, 1.165) is 32.7 Å². The Bertz CT molecular complexity index is 374. The zero-order valence-electron chi connectivity index (χ0n) is 12.5. The first-order valence-corrected chi connectivity index (χ1v) is 7.49. The Hall–Kier alpha value is -1.06. The van der Waals surface area contributed by atoms with E-state index < -0.39 is 0 Å². The van der Waals surface area contributed by atoms with E-state index in [2.05, 4.69) is 60.3 Å². The molecule has 1 aromatic carbocycles. The molecule has 1 heterocycles. The van der Waals surface area contributed by atoms with Gasteiger partial charge < -0.3 is 10.2 Å². The zero-order valence-corrected chi connectivity index (χ0v) is 12.5. The number of nitrogens with zero attached hydrogens (tertiary/aromatic N) is 2. The molecule has 0 radical (unpaired) electrons. The number of piperazine rings is 1. The predicted octanol–water partition coefficient (Wildman–Crippen LogP) is 2.33. The van der Waals surface area contributed by atoms with E-state index >= 15 is 0 Å². The van der Waals surface area contributed by atoms with E-state index in [1.807, 2.05) is 0 Å². The Morgan fingerprint density at radius 3 is 2.53 bits per heavy atom. The van der Waals surface area contributed by atoms with Gasteiger partial charge in [0.1, 0.15) is 0 Å². The molecule has 106 valence electrons. The van der Waals surface area contributed by atoms with Crippen molar-refractivity contribution in [2.24, 2.45) is 0 Å². The number of benzene rings is 1. The van der Waals surface area contributed by atoms with Crippen LogP contribution < -0.4 is 10.2 Å². The lowest BCUT2D eigenvalue weighted by atomic mass is 10.1. The van der Waals surface area contributed by atoms with Crippen LogP contribution in [0.4, 0.5) is 5.69 Å². The van der Waals surface area contributed by atoms with Gasteiger partial charge in [-0.15, -0.1) is 0 Å². The van der Waals surface area contributed by atoms with Crippen LogP contribution in [0.2, 0.25) is 0 Å². The van der Waals surface area contributed by atoms with E-state index in [1.165, 1.54) is 17.7 Å². The molecule has 0 aliphatic carbocycles. The number of likely N-dealkylation sites (N-methyl/N-ethyl adjacent to an activating group) is 1. The Morgan fingerprint density at radius 1 is 1.16 bits per heavy atom. The van der Waals surface area contributed by atoms with Crippen molar-refractivity contribution in [3.63, 3.8) is 0 Å². The third kappa shape index (κ3) is 3.71. The zero-order chi connectivity index (χ0) is 13.7. The van der Waals surface area contributed by atoms with E-state index in [0.29, 0.717) is 6.04 Å². The summed E-state index contributed by atoms with van der Waals surface area (Å²) in [4.78, 5) is 5.00. The fourth-order valence-corrected chi connectivity index (χ4v) is 2.72. The average molecular weight is 261 g/mol. The Morgan fingerprint density at radius 2 is 1.89 bits per heavy atom. The summed E-state index contributed by atoms with van der Waals surface area (Å²) in [6, 6.07) is 9.72. The van der Waals surface area contributed by atoms with Gasteiger partial charge >= 0.3 is 0 Å². The largest absolute Gasteiger partial charge is 0.369 e. The Balaban J connectivity index is 1.98. The maximum Gasteiger partial charge on any atom is 0.0367 e. The van der Waals surface area contributed by atoms with Crippen molar-refractivity contribution < 1.29 is 0 Å². The van der Waals surface area contributed by atoms with Gasteiger partial charge in [0.25, 0.3) is 0 Å². The molecular formula is C16H27N3. The van der Waals surface area contributed by atoms with Gasteiger partial charge in [-0.05, 0) is 37.7 Å². The molecule has 0 bridgehead atoms. The molecule has 1 saturated heterocycles. The minimum absolute atomic E-state index is 0.690. The molecule has 0 aromatic heterocycles. The highest BCUT2D eigenvalue weighted by molar-refractivity contribution is 5.48. The normalized spacial score (nSPS) is 20.8. The van der Waals surface area contributed by atoms with Crippen LogP contribution in [0.3, 0.4) is 0 Å². The second-order valence-electron chi connectivity index (χ2n) is 5.44. The quantitative estimate of drug-likeness (QED) is 0.877. The highest BCUT2D eigenvalue weighted by Gasteiger charge is 2.22. The third-order valence-corrected chi connectivity index (χ3v) is 4.13. The number of anilines is 1. The van der Waals surface area contributed by atoms with E-state index in [1.54, 1.807) is 0 Å². The van der Waals surface area contributed by atoms with E-state index in [4.69, 9.17) is 0 Å². The summed E-state index contributed by atoms with van der Waals surface area (Å²) in [5, 5.41) is 3.37.